The van der Waals surface area contributed by atoms with Crippen LogP contribution in [0.5, 0.6) is 0 Å². The Hall–Kier alpha value is -1.96. The third kappa shape index (κ3) is 3.87. The molecule has 0 unspecified atom stereocenters. The Kier molecular flexibility index (Phi) is 5.70. The first-order valence-electron chi connectivity index (χ1n) is 7.07. The summed E-state index contributed by atoms with van der Waals surface area (Å²) in [6.45, 7) is 3.02. The molecule has 0 spiro atoms. The van der Waals surface area contributed by atoms with Gasteiger partial charge in [-0.1, -0.05) is 6.07 Å². The Bertz CT molecular complexity index is 668. The van der Waals surface area contributed by atoms with Crippen LogP contribution < -0.4 is 17.3 Å². The number of rotatable bonds is 3. The van der Waals surface area contributed by atoms with E-state index in [1.54, 1.807) is 12.1 Å². The van der Waals surface area contributed by atoms with E-state index in [9.17, 15) is 14.9 Å². The highest BCUT2D eigenvalue weighted by atomic mass is 35.5. The SMILES string of the molecule is O=C(c1cccs1)N1CC[NH+](c2ccc([N+](=O)[O-])cc2)CC1.[Cl-]. The molecule has 1 aliphatic rings. The third-order valence-corrected chi connectivity index (χ3v) is 4.73. The zero-order chi connectivity index (χ0) is 15.5. The van der Waals surface area contributed by atoms with Crippen LogP contribution in [0, 0.1) is 10.1 Å². The number of carbonyl (C=O) groups excluding carboxylic acids is 1. The molecule has 1 N–H and O–H groups in total. The number of piperazine rings is 1. The maximum absolute atomic E-state index is 12.3. The second kappa shape index (κ2) is 7.54. The number of hydrogen-bond donors (Lipinski definition) is 1. The largest absolute Gasteiger partial charge is 1.00 e. The molecule has 0 radical (unpaired) electrons. The van der Waals surface area contributed by atoms with Crippen molar-refractivity contribution in [2.75, 3.05) is 26.2 Å². The van der Waals surface area contributed by atoms with Gasteiger partial charge in [0.1, 0.15) is 5.69 Å². The van der Waals surface area contributed by atoms with Crippen LogP contribution in [-0.4, -0.2) is 41.9 Å². The number of thiophene rings is 1. The first kappa shape index (κ1) is 17.4. The molecule has 1 saturated heterocycles. The molecule has 1 aromatic carbocycles. The number of hydrogen-bond acceptors (Lipinski definition) is 4. The highest BCUT2D eigenvalue weighted by Crippen LogP contribution is 2.14. The van der Waals surface area contributed by atoms with Crippen LogP contribution in [0.15, 0.2) is 41.8 Å². The summed E-state index contributed by atoms with van der Waals surface area (Å²) in [4.78, 5) is 26.5. The first-order chi connectivity index (χ1) is 10.6. The maximum atomic E-state index is 12.3. The van der Waals surface area contributed by atoms with Gasteiger partial charge in [0, 0.05) is 24.3 Å². The number of amides is 1. The molecule has 0 atom stereocenters. The zero-order valence-electron chi connectivity index (χ0n) is 12.3. The molecule has 3 rings (SSSR count). The highest BCUT2D eigenvalue weighted by molar-refractivity contribution is 7.12. The second-order valence-corrected chi connectivity index (χ2v) is 6.12. The van der Waals surface area contributed by atoms with E-state index in [1.807, 2.05) is 22.4 Å². The monoisotopic (exact) mass is 353 g/mol. The summed E-state index contributed by atoms with van der Waals surface area (Å²) in [5, 5.41) is 12.6. The van der Waals surface area contributed by atoms with Gasteiger partial charge in [0.2, 0.25) is 0 Å². The van der Waals surface area contributed by atoms with Gasteiger partial charge < -0.3 is 17.3 Å². The Morgan fingerprint density at radius 3 is 2.35 bits per heavy atom. The molecule has 2 heterocycles. The van der Waals surface area contributed by atoms with Crippen molar-refractivity contribution in [1.29, 1.82) is 0 Å². The summed E-state index contributed by atoms with van der Waals surface area (Å²) in [5.74, 6) is 0.0951. The number of nitrogens with zero attached hydrogens (tertiary/aromatic N) is 2. The summed E-state index contributed by atoms with van der Waals surface area (Å²) >= 11 is 1.46. The molecule has 1 fully saturated rings. The van der Waals surface area contributed by atoms with E-state index in [2.05, 4.69) is 0 Å². The fourth-order valence-corrected chi connectivity index (χ4v) is 3.33. The number of nitro benzene ring substituents is 1. The van der Waals surface area contributed by atoms with Gasteiger partial charge in [0.15, 0.2) is 0 Å². The molecular formula is C15H16ClN3O3S. The molecule has 1 aliphatic heterocycles. The molecule has 1 amide bonds. The molecular weight excluding hydrogens is 338 g/mol. The molecule has 2 aromatic rings. The molecule has 0 saturated carbocycles. The number of nitro groups is 1. The van der Waals surface area contributed by atoms with Gasteiger partial charge in [-0.05, 0) is 11.4 Å². The van der Waals surface area contributed by atoms with Gasteiger partial charge in [0.25, 0.3) is 11.6 Å². The fourth-order valence-electron chi connectivity index (χ4n) is 2.64. The summed E-state index contributed by atoms with van der Waals surface area (Å²) in [7, 11) is 0. The van der Waals surface area contributed by atoms with Crippen LogP contribution >= 0.6 is 11.3 Å². The van der Waals surface area contributed by atoms with Gasteiger partial charge in [-0.2, -0.15) is 0 Å². The van der Waals surface area contributed by atoms with Gasteiger partial charge >= 0.3 is 0 Å². The molecule has 1 aromatic heterocycles. The molecule has 0 aliphatic carbocycles. The van der Waals surface area contributed by atoms with Crippen LogP contribution in [0.2, 0.25) is 0 Å². The normalized spacial score (nSPS) is 15.0. The van der Waals surface area contributed by atoms with Crippen molar-refractivity contribution >= 4 is 28.6 Å². The number of carbonyl (C=O) groups is 1. The minimum Gasteiger partial charge on any atom is -1.00 e. The lowest BCUT2D eigenvalue weighted by atomic mass is 10.2. The van der Waals surface area contributed by atoms with Crippen molar-refractivity contribution in [2.45, 2.75) is 0 Å². The van der Waals surface area contributed by atoms with E-state index in [1.165, 1.54) is 28.4 Å². The zero-order valence-corrected chi connectivity index (χ0v) is 13.8. The lowest BCUT2D eigenvalue weighted by Gasteiger charge is -2.31. The smallest absolute Gasteiger partial charge is 0.269 e. The van der Waals surface area contributed by atoms with E-state index >= 15 is 0 Å². The summed E-state index contributed by atoms with van der Waals surface area (Å²) in [6.07, 6.45) is 0. The minimum atomic E-state index is -0.392. The van der Waals surface area contributed by atoms with Crippen molar-refractivity contribution in [1.82, 2.24) is 4.90 Å². The summed E-state index contributed by atoms with van der Waals surface area (Å²) < 4.78 is 0. The lowest BCUT2D eigenvalue weighted by molar-refractivity contribution is -0.837. The van der Waals surface area contributed by atoms with E-state index in [0.717, 1.165) is 23.7 Å². The average Bonchev–Trinajstić information content (AvgIpc) is 3.09. The van der Waals surface area contributed by atoms with Crippen LogP contribution in [-0.2, 0) is 0 Å². The third-order valence-electron chi connectivity index (χ3n) is 3.87. The van der Waals surface area contributed by atoms with Crippen molar-refractivity contribution in [3.63, 3.8) is 0 Å². The van der Waals surface area contributed by atoms with Crippen LogP contribution in [0.1, 0.15) is 9.67 Å². The minimum absolute atomic E-state index is 0. The Balaban J connectivity index is 0.00000192. The number of nitrogens with one attached hydrogen (secondary N) is 1. The van der Waals surface area contributed by atoms with Gasteiger partial charge in [-0.15, -0.1) is 11.3 Å². The number of non-ortho nitro benzene ring substituents is 1. The first-order valence-corrected chi connectivity index (χ1v) is 7.95. The van der Waals surface area contributed by atoms with E-state index in [0.29, 0.717) is 13.1 Å². The predicted molar refractivity (Wildman–Crippen MR) is 83.7 cm³/mol. The van der Waals surface area contributed by atoms with Crippen molar-refractivity contribution in [2.24, 2.45) is 0 Å². The predicted octanol–water partition coefficient (Wildman–Crippen LogP) is -1.67. The van der Waals surface area contributed by atoms with E-state index in [-0.39, 0.29) is 24.0 Å². The van der Waals surface area contributed by atoms with Crippen LogP contribution in [0.25, 0.3) is 0 Å². The number of benzene rings is 1. The second-order valence-electron chi connectivity index (χ2n) is 5.18. The quantitative estimate of drug-likeness (QED) is 0.530. The van der Waals surface area contributed by atoms with Gasteiger partial charge in [-0.25, -0.2) is 0 Å². The van der Waals surface area contributed by atoms with Gasteiger partial charge in [-0.3, -0.25) is 19.8 Å². The Morgan fingerprint density at radius 2 is 1.83 bits per heavy atom. The molecule has 8 heteroatoms. The van der Waals surface area contributed by atoms with E-state index < -0.39 is 4.92 Å². The van der Waals surface area contributed by atoms with E-state index in [4.69, 9.17) is 0 Å². The van der Waals surface area contributed by atoms with Crippen molar-refractivity contribution in [3.05, 3.63) is 56.8 Å². The molecule has 6 nitrogen and oxygen atoms in total. The molecule has 0 bridgehead atoms. The maximum Gasteiger partial charge on any atom is 0.269 e. The highest BCUT2D eigenvalue weighted by Gasteiger charge is 2.26. The summed E-state index contributed by atoms with van der Waals surface area (Å²) in [5.41, 5.74) is 1.14. The van der Waals surface area contributed by atoms with Crippen LogP contribution in [0.3, 0.4) is 0 Å². The number of halogens is 1. The Labute approximate surface area is 143 Å². The summed E-state index contributed by atoms with van der Waals surface area (Å²) in [6, 6.07) is 10.4. The molecule has 23 heavy (non-hydrogen) atoms. The van der Waals surface area contributed by atoms with Crippen molar-refractivity contribution in [3.8, 4) is 0 Å². The van der Waals surface area contributed by atoms with Gasteiger partial charge in [0.05, 0.1) is 36.0 Å². The lowest BCUT2D eigenvalue weighted by Crippen LogP contribution is -3.10. The van der Waals surface area contributed by atoms with Crippen LogP contribution in [0.4, 0.5) is 11.4 Å². The fraction of sp³-hybridized carbons (Fsp3) is 0.267. The standard InChI is InChI=1S/C15H15N3O3S.ClH/c19-15(14-2-1-11-22-14)17-9-7-16(8-10-17)12-3-5-13(6-4-12)18(20)21;/h1-6,11H,7-10H2;1H. The topological polar surface area (TPSA) is 67.9 Å². The average molecular weight is 354 g/mol. The van der Waals surface area contributed by atoms with Crippen molar-refractivity contribution < 1.29 is 27.0 Å². The Morgan fingerprint density at radius 1 is 1.17 bits per heavy atom. The number of quaternary nitrogens is 1. The molecule has 122 valence electrons.